The molecule has 0 unspecified atom stereocenters. The summed E-state index contributed by atoms with van der Waals surface area (Å²) in [5, 5.41) is 0. The van der Waals surface area contributed by atoms with Crippen molar-refractivity contribution in [3.05, 3.63) is 34.7 Å². The van der Waals surface area contributed by atoms with Gasteiger partial charge in [0.1, 0.15) is 0 Å². The fourth-order valence-electron chi connectivity index (χ4n) is 2.59. The molecule has 0 N–H and O–H groups in total. The number of thiazole rings is 1. The van der Waals surface area contributed by atoms with Crippen molar-refractivity contribution in [2.24, 2.45) is 5.92 Å². The van der Waals surface area contributed by atoms with Crippen LogP contribution in [0, 0.1) is 12.8 Å². The van der Waals surface area contributed by atoms with Crippen molar-refractivity contribution < 1.29 is 4.74 Å². The number of ether oxygens (including phenoxy) is 1. The minimum atomic E-state index is 0.615. The van der Waals surface area contributed by atoms with E-state index in [1.54, 1.807) is 23.7 Å². The highest BCUT2D eigenvalue weighted by Crippen LogP contribution is 2.21. The van der Waals surface area contributed by atoms with Crippen LogP contribution >= 0.6 is 11.3 Å². The number of nitrogens with zero attached hydrogens (tertiary/aromatic N) is 4. The molecule has 3 rings (SSSR count). The van der Waals surface area contributed by atoms with E-state index in [-0.39, 0.29) is 0 Å². The Hall–Kier alpha value is -1.53. The number of aryl methyl sites for hydroxylation is 1. The minimum Gasteiger partial charge on any atom is -0.476 e. The summed E-state index contributed by atoms with van der Waals surface area (Å²) in [6.07, 6.45) is 7.70. The lowest BCUT2D eigenvalue weighted by atomic mass is 9.98. The Labute approximate surface area is 129 Å². The number of aromatic nitrogens is 3. The normalized spacial score (nSPS) is 17.0. The zero-order valence-electron chi connectivity index (χ0n) is 12.2. The van der Waals surface area contributed by atoms with Gasteiger partial charge in [-0.15, -0.1) is 11.3 Å². The molecule has 0 saturated carbocycles. The highest BCUT2D eigenvalue weighted by molar-refractivity contribution is 7.09. The minimum absolute atomic E-state index is 0.615. The zero-order chi connectivity index (χ0) is 14.5. The SMILES string of the molecule is Cc1nccnc1OCC1CCN(Cc2cncs2)CC1. The van der Waals surface area contributed by atoms with Crippen LogP contribution in [0.2, 0.25) is 0 Å². The summed E-state index contributed by atoms with van der Waals surface area (Å²) < 4.78 is 5.82. The van der Waals surface area contributed by atoms with Crippen LogP contribution < -0.4 is 4.74 Å². The summed E-state index contributed by atoms with van der Waals surface area (Å²) in [5.74, 6) is 1.29. The van der Waals surface area contributed by atoms with Crippen molar-refractivity contribution in [1.29, 1.82) is 0 Å². The summed E-state index contributed by atoms with van der Waals surface area (Å²) in [4.78, 5) is 16.4. The molecule has 21 heavy (non-hydrogen) atoms. The molecule has 1 fully saturated rings. The predicted molar refractivity (Wildman–Crippen MR) is 82.4 cm³/mol. The average molecular weight is 304 g/mol. The molecule has 1 aliphatic heterocycles. The predicted octanol–water partition coefficient (Wildman–Crippen LogP) is 2.53. The maximum absolute atomic E-state index is 5.82. The van der Waals surface area contributed by atoms with Crippen LogP contribution in [0.25, 0.3) is 0 Å². The Morgan fingerprint density at radius 3 is 2.81 bits per heavy atom. The van der Waals surface area contributed by atoms with Gasteiger partial charge in [-0.25, -0.2) is 4.98 Å². The van der Waals surface area contributed by atoms with Crippen LogP contribution in [0.4, 0.5) is 0 Å². The summed E-state index contributed by atoms with van der Waals surface area (Å²) in [5.41, 5.74) is 2.76. The molecule has 0 radical (unpaired) electrons. The zero-order valence-corrected chi connectivity index (χ0v) is 13.1. The summed E-state index contributed by atoms with van der Waals surface area (Å²) >= 11 is 1.73. The fourth-order valence-corrected chi connectivity index (χ4v) is 3.22. The second-order valence-electron chi connectivity index (χ2n) is 5.45. The van der Waals surface area contributed by atoms with Gasteiger partial charge in [0.15, 0.2) is 0 Å². The van der Waals surface area contributed by atoms with E-state index in [2.05, 4.69) is 19.9 Å². The Morgan fingerprint density at radius 2 is 2.10 bits per heavy atom. The largest absolute Gasteiger partial charge is 0.476 e. The van der Waals surface area contributed by atoms with Crippen LogP contribution in [0.15, 0.2) is 24.1 Å². The van der Waals surface area contributed by atoms with E-state index in [0.717, 1.165) is 31.9 Å². The Kier molecular flexibility index (Phi) is 4.77. The van der Waals surface area contributed by atoms with E-state index >= 15 is 0 Å². The highest BCUT2D eigenvalue weighted by Gasteiger charge is 2.20. The molecule has 0 aromatic carbocycles. The fraction of sp³-hybridized carbons (Fsp3) is 0.533. The van der Waals surface area contributed by atoms with Crippen molar-refractivity contribution in [2.75, 3.05) is 19.7 Å². The van der Waals surface area contributed by atoms with Gasteiger partial charge >= 0.3 is 0 Å². The van der Waals surface area contributed by atoms with Gasteiger partial charge in [0.05, 0.1) is 17.8 Å². The van der Waals surface area contributed by atoms with Gasteiger partial charge in [-0.2, -0.15) is 0 Å². The molecule has 0 spiro atoms. The second kappa shape index (κ2) is 6.95. The third-order valence-electron chi connectivity index (χ3n) is 3.86. The molecule has 1 saturated heterocycles. The topological polar surface area (TPSA) is 51.1 Å². The molecule has 1 aliphatic rings. The smallest absolute Gasteiger partial charge is 0.235 e. The molecule has 112 valence electrons. The van der Waals surface area contributed by atoms with E-state index < -0.39 is 0 Å². The maximum atomic E-state index is 5.82. The van der Waals surface area contributed by atoms with Gasteiger partial charge in [0, 0.05) is 30.0 Å². The number of likely N-dealkylation sites (tertiary alicyclic amines) is 1. The molecule has 6 heteroatoms. The number of rotatable bonds is 5. The first-order chi connectivity index (χ1) is 10.3. The van der Waals surface area contributed by atoms with E-state index in [0.29, 0.717) is 11.8 Å². The first-order valence-corrected chi connectivity index (χ1v) is 8.19. The molecule has 0 amide bonds. The third-order valence-corrected chi connectivity index (χ3v) is 4.63. The Bertz CT molecular complexity index is 553. The number of piperidine rings is 1. The molecular weight excluding hydrogens is 284 g/mol. The van der Waals surface area contributed by atoms with Crippen molar-refractivity contribution in [1.82, 2.24) is 19.9 Å². The average Bonchev–Trinajstić information content (AvgIpc) is 3.01. The van der Waals surface area contributed by atoms with E-state index in [4.69, 9.17) is 4.74 Å². The molecule has 0 atom stereocenters. The number of hydrogen-bond acceptors (Lipinski definition) is 6. The number of hydrogen-bond donors (Lipinski definition) is 0. The van der Waals surface area contributed by atoms with Crippen LogP contribution in [-0.4, -0.2) is 39.5 Å². The van der Waals surface area contributed by atoms with Crippen molar-refractivity contribution in [3.63, 3.8) is 0 Å². The summed E-state index contributed by atoms with van der Waals surface area (Å²) in [6, 6.07) is 0. The lowest BCUT2D eigenvalue weighted by Crippen LogP contribution is -2.35. The summed E-state index contributed by atoms with van der Waals surface area (Å²) in [7, 11) is 0. The van der Waals surface area contributed by atoms with Crippen LogP contribution in [0.5, 0.6) is 5.88 Å². The molecule has 0 aliphatic carbocycles. The van der Waals surface area contributed by atoms with Crippen molar-refractivity contribution in [3.8, 4) is 5.88 Å². The second-order valence-corrected chi connectivity index (χ2v) is 6.42. The molecule has 5 nitrogen and oxygen atoms in total. The van der Waals surface area contributed by atoms with Gasteiger partial charge in [0.2, 0.25) is 5.88 Å². The van der Waals surface area contributed by atoms with Gasteiger partial charge in [-0.05, 0) is 38.8 Å². The quantitative estimate of drug-likeness (QED) is 0.849. The van der Waals surface area contributed by atoms with E-state index in [1.165, 1.54) is 17.7 Å². The molecule has 2 aromatic rings. The molecule has 3 heterocycles. The first kappa shape index (κ1) is 14.4. The monoisotopic (exact) mass is 304 g/mol. The lowest BCUT2D eigenvalue weighted by molar-refractivity contribution is 0.134. The standard InChI is InChI=1S/C15H20N4OS/c1-12-15(18-5-4-17-12)20-10-13-2-6-19(7-3-13)9-14-8-16-11-21-14/h4-5,8,11,13H,2-3,6-7,9-10H2,1H3. The third kappa shape index (κ3) is 3.98. The van der Waals surface area contributed by atoms with E-state index in [1.807, 2.05) is 18.6 Å². The van der Waals surface area contributed by atoms with Crippen LogP contribution in [0.1, 0.15) is 23.4 Å². The molecular formula is C15H20N4OS. The first-order valence-electron chi connectivity index (χ1n) is 7.31. The highest BCUT2D eigenvalue weighted by atomic mass is 32.1. The van der Waals surface area contributed by atoms with Crippen LogP contribution in [-0.2, 0) is 6.54 Å². The summed E-state index contributed by atoms with van der Waals surface area (Å²) in [6.45, 7) is 5.96. The molecule has 0 bridgehead atoms. The van der Waals surface area contributed by atoms with E-state index in [9.17, 15) is 0 Å². The van der Waals surface area contributed by atoms with Crippen molar-refractivity contribution >= 4 is 11.3 Å². The Morgan fingerprint density at radius 1 is 1.29 bits per heavy atom. The van der Waals surface area contributed by atoms with Gasteiger partial charge < -0.3 is 4.74 Å². The van der Waals surface area contributed by atoms with Gasteiger partial charge in [-0.3, -0.25) is 14.9 Å². The van der Waals surface area contributed by atoms with Gasteiger partial charge in [0.25, 0.3) is 0 Å². The maximum Gasteiger partial charge on any atom is 0.235 e. The van der Waals surface area contributed by atoms with Gasteiger partial charge in [-0.1, -0.05) is 0 Å². The van der Waals surface area contributed by atoms with Crippen molar-refractivity contribution in [2.45, 2.75) is 26.3 Å². The van der Waals surface area contributed by atoms with Crippen LogP contribution in [0.3, 0.4) is 0 Å². The molecule has 2 aromatic heterocycles. The lowest BCUT2D eigenvalue weighted by Gasteiger charge is -2.31. The Balaban J connectivity index is 1.43.